The van der Waals surface area contributed by atoms with Gasteiger partial charge in [0.05, 0.1) is 19.6 Å². The van der Waals surface area contributed by atoms with Crippen molar-refractivity contribution < 1.29 is 48.7 Å². The number of carbonyl (C=O) groups is 4. The quantitative estimate of drug-likeness (QED) is 0.161. The van der Waals surface area contributed by atoms with Crippen molar-refractivity contribution in [3.8, 4) is 5.75 Å². The summed E-state index contributed by atoms with van der Waals surface area (Å²) in [7, 11) is -2.31. The largest absolute Gasteiger partial charge is 0.508 e. The minimum absolute atomic E-state index is 0.0168. The smallest absolute Gasteiger partial charge is 0.491 e. The van der Waals surface area contributed by atoms with Crippen LogP contribution in [0.4, 0.5) is 0 Å². The summed E-state index contributed by atoms with van der Waals surface area (Å²) in [5.74, 6) is -2.64. The maximum atomic E-state index is 13.9. The van der Waals surface area contributed by atoms with E-state index in [2.05, 4.69) is 10.6 Å². The molecule has 0 saturated carbocycles. The number of aromatic hydroxyl groups is 1. The lowest BCUT2D eigenvalue weighted by Gasteiger charge is -2.26. The van der Waals surface area contributed by atoms with Crippen molar-refractivity contribution >= 4 is 48.9 Å². The fourth-order valence-electron chi connectivity index (χ4n) is 6.15. The fraction of sp³-hybridized carbons (Fsp3) is 0.290. The molecule has 46 heavy (non-hydrogen) atoms. The molecule has 0 aromatic heterocycles. The summed E-state index contributed by atoms with van der Waals surface area (Å²) in [6.45, 7) is 0.416. The molecule has 3 aliphatic rings. The standard InChI is InChI=1S/C31H31B2N3O10/c37-24-7-1-17(2-8-24)9-22(13-28(38)39)34-30(41)27-12-23(35-29(40)18-3-5-20-15-45-32(43)25(20)10-18)14-36(27)31(42)19-4-6-21-16-46-33(44)26(21)11-19/h1-8,10-11,22-23,27,37,43-44H,9,12-16H2,(H,34,41)(H,35,40)(H,38,39)/t22-,23+,27-/m0/s1. The average molecular weight is 627 g/mol. The van der Waals surface area contributed by atoms with E-state index in [1.54, 1.807) is 42.5 Å². The van der Waals surface area contributed by atoms with Crippen LogP contribution in [0.1, 0.15) is 50.2 Å². The summed E-state index contributed by atoms with van der Waals surface area (Å²) in [6.07, 6.45) is -0.171. The predicted octanol–water partition coefficient (Wildman–Crippen LogP) is -0.957. The molecule has 6 N–H and O–H groups in total. The Morgan fingerprint density at radius 2 is 1.50 bits per heavy atom. The van der Waals surface area contributed by atoms with Crippen LogP contribution in [0.5, 0.6) is 5.75 Å². The molecule has 0 radical (unpaired) electrons. The van der Waals surface area contributed by atoms with Gasteiger partial charge in [-0.2, -0.15) is 0 Å². The number of carbonyl (C=O) groups excluding carboxylic acids is 3. The molecule has 3 aliphatic heterocycles. The predicted molar refractivity (Wildman–Crippen MR) is 164 cm³/mol. The van der Waals surface area contributed by atoms with Crippen LogP contribution >= 0.6 is 0 Å². The number of phenolic OH excluding ortho intramolecular Hbond substituents is 1. The molecular weight excluding hydrogens is 596 g/mol. The molecule has 1 saturated heterocycles. The number of nitrogens with zero attached hydrogens (tertiary/aromatic N) is 1. The number of nitrogens with one attached hydrogen (secondary N) is 2. The molecule has 3 heterocycles. The highest BCUT2D eigenvalue weighted by molar-refractivity contribution is 6.62. The third kappa shape index (κ3) is 6.63. The van der Waals surface area contributed by atoms with Crippen LogP contribution in [0.15, 0.2) is 60.7 Å². The van der Waals surface area contributed by atoms with Gasteiger partial charge in [-0.05, 0) is 76.9 Å². The number of fused-ring (bicyclic) bond motifs is 2. The Morgan fingerprint density at radius 3 is 2.13 bits per heavy atom. The van der Waals surface area contributed by atoms with Gasteiger partial charge in [0.15, 0.2) is 0 Å². The lowest BCUT2D eigenvalue weighted by Crippen LogP contribution is -2.50. The van der Waals surface area contributed by atoms with Gasteiger partial charge >= 0.3 is 20.2 Å². The van der Waals surface area contributed by atoms with E-state index in [4.69, 9.17) is 9.31 Å². The Hall–Kier alpha value is -4.69. The van der Waals surface area contributed by atoms with E-state index in [1.165, 1.54) is 23.1 Å². The summed E-state index contributed by atoms with van der Waals surface area (Å²) in [4.78, 5) is 53.9. The van der Waals surface area contributed by atoms with Crippen LogP contribution in [0.2, 0.25) is 0 Å². The number of amides is 3. The molecular formula is C31H31B2N3O10. The number of hydrogen-bond acceptors (Lipinski definition) is 9. The molecule has 3 amide bonds. The first kappa shape index (κ1) is 31.3. The molecule has 0 aliphatic carbocycles. The van der Waals surface area contributed by atoms with Gasteiger partial charge in [-0.25, -0.2) is 0 Å². The van der Waals surface area contributed by atoms with Crippen LogP contribution in [-0.4, -0.2) is 87.8 Å². The van der Waals surface area contributed by atoms with E-state index in [0.29, 0.717) is 16.5 Å². The van der Waals surface area contributed by atoms with E-state index in [9.17, 15) is 39.4 Å². The van der Waals surface area contributed by atoms with E-state index in [0.717, 1.165) is 11.1 Å². The maximum Gasteiger partial charge on any atom is 0.491 e. The third-order valence-corrected chi connectivity index (χ3v) is 8.51. The van der Waals surface area contributed by atoms with Gasteiger partial charge in [-0.1, -0.05) is 24.3 Å². The van der Waals surface area contributed by atoms with Crippen LogP contribution in [0.3, 0.4) is 0 Å². The van der Waals surface area contributed by atoms with Crippen molar-refractivity contribution in [2.24, 2.45) is 0 Å². The summed E-state index contributed by atoms with van der Waals surface area (Å²) in [5, 5.41) is 45.1. The molecule has 15 heteroatoms. The monoisotopic (exact) mass is 627 g/mol. The topological polar surface area (TPSA) is 195 Å². The van der Waals surface area contributed by atoms with Crippen molar-refractivity contribution in [1.29, 1.82) is 0 Å². The Balaban J connectivity index is 1.23. The fourth-order valence-corrected chi connectivity index (χ4v) is 6.15. The highest BCUT2D eigenvalue weighted by atomic mass is 16.5. The van der Waals surface area contributed by atoms with Crippen LogP contribution in [-0.2, 0) is 38.5 Å². The van der Waals surface area contributed by atoms with Gasteiger partial charge in [0.2, 0.25) is 5.91 Å². The summed E-state index contributed by atoms with van der Waals surface area (Å²) in [6, 6.07) is 13.3. The van der Waals surface area contributed by atoms with Gasteiger partial charge in [0, 0.05) is 29.8 Å². The molecule has 3 aromatic carbocycles. The van der Waals surface area contributed by atoms with E-state index in [-0.39, 0.29) is 55.9 Å². The Bertz CT molecular complexity index is 1690. The number of aliphatic carboxylic acids is 1. The molecule has 13 nitrogen and oxygen atoms in total. The second kappa shape index (κ2) is 13.0. The van der Waals surface area contributed by atoms with Gasteiger partial charge < -0.3 is 45.1 Å². The van der Waals surface area contributed by atoms with Crippen LogP contribution in [0.25, 0.3) is 0 Å². The number of likely N-dealkylation sites (tertiary alicyclic amines) is 1. The summed E-state index contributed by atoms with van der Waals surface area (Å²) in [5.41, 5.74) is 3.64. The first-order valence-corrected chi connectivity index (χ1v) is 14.8. The van der Waals surface area contributed by atoms with Gasteiger partial charge in [-0.15, -0.1) is 0 Å². The van der Waals surface area contributed by atoms with Crippen molar-refractivity contribution in [2.75, 3.05) is 6.54 Å². The van der Waals surface area contributed by atoms with Crippen molar-refractivity contribution in [3.05, 3.63) is 88.5 Å². The minimum atomic E-state index is -1.18. The normalized spacial score (nSPS) is 19.0. The zero-order chi connectivity index (χ0) is 32.5. The third-order valence-electron chi connectivity index (χ3n) is 8.51. The highest BCUT2D eigenvalue weighted by Gasteiger charge is 2.42. The molecule has 0 unspecified atom stereocenters. The number of phenols is 1. The number of carboxylic acids is 1. The molecule has 0 spiro atoms. The Labute approximate surface area is 264 Å². The SMILES string of the molecule is O=C(O)C[C@H](Cc1ccc(O)cc1)NC(=O)[C@@H]1C[C@@H](NC(=O)c2ccc3c(c2)B(O)OC3)CN1C(=O)c1ccc2c(c1)B(O)OC2. The number of carboxylic acid groups (broad SMARTS) is 1. The van der Waals surface area contributed by atoms with Crippen LogP contribution in [0, 0.1) is 0 Å². The average Bonchev–Trinajstić information content (AvgIpc) is 3.74. The number of rotatable bonds is 9. The first-order valence-electron chi connectivity index (χ1n) is 14.8. The molecule has 6 rings (SSSR count). The lowest BCUT2D eigenvalue weighted by atomic mass is 9.78. The molecule has 3 aromatic rings. The minimum Gasteiger partial charge on any atom is -0.508 e. The van der Waals surface area contributed by atoms with E-state index < -0.39 is 56.1 Å². The van der Waals surface area contributed by atoms with Crippen molar-refractivity contribution in [1.82, 2.24) is 15.5 Å². The summed E-state index contributed by atoms with van der Waals surface area (Å²) < 4.78 is 10.5. The van der Waals surface area contributed by atoms with Crippen molar-refractivity contribution in [3.63, 3.8) is 0 Å². The second-order valence-electron chi connectivity index (χ2n) is 11.7. The van der Waals surface area contributed by atoms with Gasteiger partial charge in [0.25, 0.3) is 11.8 Å². The number of hydrogen-bond donors (Lipinski definition) is 6. The molecule has 1 fully saturated rings. The Morgan fingerprint density at radius 1 is 0.891 bits per heavy atom. The van der Waals surface area contributed by atoms with Gasteiger partial charge in [-0.3, -0.25) is 19.2 Å². The summed E-state index contributed by atoms with van der Waals surface area (Å²) >= 11 is 0. The van der Waals surface area contributed by atoms with Crippen LogP contribution < -0.4 is 21.6 Å². The lowest BCUT2D eigenvalue weighted by molar-refractivity contribution is -0.137. The van der Waals surface area contributed by atoms with E-state index >= 15 is 0 Å². The zero-order valence-electron chi connectivity index (χ0n) is 24.6. The number of benzene rings is 3. The highest BCUT2D eigenvalue weighted by Crippen LogP contribution is 2.24. The molecule has 3 atom stereocenters. The maximum absolute atomic E-state index is 13.9. The zero-order valence-corrected chi connectivity index (χ0v) is 24.6. The molecule has 0 bridgehead atoms. The second-order valence-corrected chi connectivity index (χ2v) is 11.7. The van der Waals surface area contributed by atoms with Crippen molar-refractivity contribution in [2.45, 2.75) is 50.6 Å². The molecule has 236 valence electrons. The first-order chi connectivity index (χ1) is 22.0. The van der Waals surface area contributed by atoms with E-state index in [1.807, 2.05) is 0 Å². The van der Waals surface area contributed by atoms with Gasteiger partial charge in [0.1, 0.15) is 11.8 Å². The Kier molecular flexibility index (Phi) is 8.82.